The molecule has 2 aromatic carbocycles. The van der Waals surface area contributed by atoms with Crippen LogP contribution in [0.5, 0.6) is 5.75 Å². The Labute approximate surface area is 145 Å². The highest BCUT2D eigenvalue weighted by molar-refractivity contribution is 8.00. The number of carbonyl (C=O) groups is 2. The van der Waals surface area contributed by atoms with Gasteiger partial charge < -0.3 is 14.8 Å². The molecule has 1 N–H and O–H groups in total. The smallest absolute Gasteiger partial charge is 0.319 e. The summed E-state index contributed by atoms with van der Waals surface area (Å²) in [6.07, 6.45) is 0. The number of methoxy groups -OCH3 is 1. The molecule has 2 rings (SSSR count). The van der Waals surface area contributed by atoms with Gasteiger partial charge in [0.25, 0.3) is 5.91 Å². The summed E-state index contributed by atoms with van der Waals surface area (Å²) in [5.41, 5.74) is 0.585. The van der Waals surface area contributed by atoms with Crippen LogP contribution in [-0.2, 0) is 14.3 Å². The van der Waals surface area contributed by atoms with Crippen LogP contribution >= 0.6 is 11.8 Å². The first-order valence-electron chi connectivity index (χ1n) is 7.40. The summed E-state index contributed by atoms with van der Waals surface area (Å²) in [6, 6.07) is 16.5. The zero-order valence-corrected chi connectivity index (χ0v) is 14.3. The van der Waals surface area contributed by atoms with Crippen molar-refractivity contribution in [1.29, 1.82) is 0 Å². The molecule has 0 aliphatic carbocycles. The van der Waals surface area contributed by atoms with Gasteiger partial charge in [-0.25, -0.2) is 0 Å². The minimum absolute atomic E-state index is 0.324. The third-order valence-electron chi connectivity index (χ3n) is 3.09. The Morgan fingerprint density at radius 1 is 1.12 bits per heavy atom. The molecule has 0 saturated carbocycles. The second kappa shape index (κ2) is 8.98. The lowest BCUT2D eigenvalue weighted by Crippen LogP contribution is -2.24. The van der Waals surface area contributed by atoms with Crippen LogP contribution < -0.4 is 10.1 Å². The molecule has 0 radical (unpaired) electrons. The number of hydrogen-bond donors (Lipinski definition) is 1. The first kappa shape index (κ1) is 17.9. The van der Waals surface area contributed by atoms with Crippen molar-refractivity contribution in [2.45, 2.75) is 17.1 Å². The van der Waals surface area contributed by atoms with Crippen molar-refractivity contribution in [1.82, 2.24) is 0 Å². The van der Waals surface area contributed by atoms with Gasteiger partial charge in [0.05, 0.1) is 7.11 Å². The number of carbonyl (C=O) groups excluding carboxylic acids is 2. The number of benzene rings is 2. The minimum Gasteiger partial charge on any atom is -0.497 e. The van der Waals surface area contributed by atoms with E-state index in [1.807, 2.05) is 30.3 Å². The minimum atomic E-state index is -0.426. The van der Waals surface area contributed by atoms with Crippen LogP contribution in [0.25, 0.3) is 0 Å². The molecule has 5 nitrogen and oxygen atoms in total. The molecule has 0 fully saturated rings. The Balaban J connectivity index is 1.79. The molecule has 6 heteroatoms. The van der Waals surface area contributed by atoms with Crippen molar-refractivity contribution < 1.29 is 19.1 Å². The van der Waals surface area contributed by atoms with Gasteiger partial charge in [-0.2, -0.15) is 0 Å². The number of thioether (sulfide) groups is 1. The summed E-state index contributed by atoms with van der Waals surface area (Å²) in [5, 5.41) is 2.27. The van der Waals surface area contributed by atoms with Gasteiger partial charge in [0.15, 0.2) is 6.61 Å². The van der Waals surface area contributed by atoms with Crippen LogP contribution in [0, 0.1) is 0 Å². The summed E-state index contributed by atoms with van der Waals surface area (Å²) in [4.78, 5) is 24.8. The molecule has 0 saturated heterocycles. The molecular weight excluding hydrogens is 326 g/mol. The zero-order valence-electron chi connectivity index (χ0n) is 13.5. The Hall–Kier alpha value is -2.47. The van der Waals surface area contributed by atoms with Crippen LogP contribution in [0.4, 0.5) is 5.69 Å². The van der Waals surface area contributed by atoms with Crippen LogP contribution in [0.1, 0.15) is 6.92 Å². The van der Waals surface area contributed by atoms with Gasteiger partial charge in [-0.05, 0) is 31.2 Å². The Bertz CT molecular complexity index is 690. The Morgan fingerprint density at radius 3 is 2.58 bits per heavy atom. The molecule has 0 heterocycles. The lowest BCUT2D eigenvalue weighted by molar-refractivity contribution is -0.146. The number of amides is 1. The number of anilines is 1. The van der Waals surface area contributed by atoms with E-state index in [2.05, 4.69) is 5.32 Å². The summed E-state index contributed by atoms with van der Waals surface area (Å²) in [5.74, 6) is -0.184. The molecule has 0 aliphatic rings. The van der Waals surface area contributed by atoms with E-state index in [9.17, 15) is 9.59 Å². The van der Waals surface area contributed by atoms with E-state index < -0.39 is 17.1 Å². The summed E-state index contributed by atoms with van der Waals surface area (Å²) in [6.45, 7) is 1.43. The Kier molecular flexibility index (Phi) is 6.69. The highest BCUT2D eigenvalue weighted by atomic mass is 32.2. The fourth-order valence-corrected chi connectivity index (χ4v) is 2.79. The van der Waals surface area contributed by atoms with E-state index in [1.165, 1.54) is 11.8 Å². The highest BCUT2D eigenvalue weighted by Gasteiger charge is 2.17. The van der Waals surface area contributed by atoms with Crippen molar-refractivity contribution in [3.63, 3.8) is 0 Å². The number of rotatable bonds is 7. The van der Waals surface area contributed by atoms with Crippen LogP contribution in [-0.4, -0.2) is 30.8 Å². The number of hydrogen-bond acceptors (Lipinski definition) is 5. The number of ether oxygens (including phenoxy) is 2. The van der Waals surface area contributed by atoms with Crippen LogP contribution in [0.15, 0.2) is 59.5 Å². The first-order chi connectivity index (χ1) is 11.6. The second-order valence-corrected chi connectivity index (χ2v) is 6.38. The van der Waals surface area contributed by atoms with E-state index in [0.717, 1.165) is 4.90 Å². The topological polar surface area (TPSA) is 64.6 Å². The summed E-state index contributed by atoms with van der Waals surface area (Å²) < 4.78 is 10.1. The van der Waals surface area contributed by atoms with Crippen molar-refractivity contribution in [2.24, 2.45) is 0 Å². The third-order valence-corrected chi connectivity index (χ3v) is 4.18. The largest absolute Gasteiger partial charge is 0.497 e. The Morgan fingerprint density at radius 2 is 1.88 bits per heavy atom. The predicted octanol–water partition coefficient (Wildman–Crippen LogP) is 3.36. The van der Waals surface area contributed by atoms with Gasteiger partial charge in [-0.1, -0.05) is 24.3 Å². The monoisotopic (exact) mass is 345 g/mol. The van der Waals surface area contributed by atoms with Gasteiger partial charge in [0.1, 0.15) is 11.0 Å². The van der Waals surface area contributed by atoms with Gasteiger partial charge in [-0.15, -0.1) is 11.8 Å². The SMILES string of the molecule is COc1cccc(NC(=O)COC(=O)[C@H](C)Sc2ccccc2)c1. The fourth-order valence-electron chi connectivity index (χ4n) is 1.90. The van der Waals surface area contributed by atoms with Crippen LogP contribution in [0.3, 0.4) is 0 Å². The van der Waals surface area contributed by atoms with E-state index in [1.54, 1.807) is 38.3 Å². The molecule has 0 aromatic heterocycles. The van der Waals surface area contributed by atoms with Gasteiger partial charge >= 0.3 is 5.97 Å². The third kappa shape index (κ3) is 5.62. The van der Waals surface area contributed by atoms with Gasteiger partial charge in [0, 0.05) is 16.6 Å². The maximum atomic E-state index is 12.0. The molecule has 0 unspecified atom stereocenters. The predicted molar refractivity (Wildman–Crippen MR) is 94.3 cm³/mol. The number of esters is 1. The average molecular weight is 345 g/mol. The maximum absolute atomic E-state index is 12.0. The lowest BCUT2D eigenvalue weighted by Gasteiger charge is -2.11. The molecule has 0 bridgehead atoms. The fraction of sp³-hybridized carbons (Fsp3) is 0.222. The highest BCUT2D eigenvalue weighted by Crippen LogP contribution is 2.23. The molecule has 126 valence electrons. The van der Waals surface area contributed by atoms with Crippen molar-refractivity contribution in [3.8, 4) is 5.75 Å². The van der Waals surface area contributed by atoms with Gasteiger partial charge in [-0.3, -0.25) is 9.59 Å². The molecular formula is C18H19NO4S. The molecule has 0 aliphatic heterocycles. The van der Waals surface area contributed by atoms with Gasteiger partial charge in [0.2, 0.25) is 0 Å². The van der Waals surface area contributed by atoms with E-state index in [4.69, 9.17) is 9.47 Å². The number of nitrogens with one attached hydrogen (secondary N) is 1. The second-order valence-electron chi connectivity index (χ2n) is 4.96. The molecule has 0 spiro atoms. The van der Waals surface area contributed by atoms with E-state index in [0.29, 0.717) is 11.4 Å². The molecule has 1 atom stereocenters. The quantitative estimate of drug-likeness (QED) is 0.616. The molecule has 24 heavy (non-hydrogen) atoms. The van der Waals surface area contributed by atoms with Crippen LogP contribution in [0.2, 0.25) is 0 Å². The van der Waals surface area contributed by atoms with Crippen molar-refractivity contribution >= 4 is 29.3 Å². The summed E-state index contributed by atoms with van der Waals surface area (Å²) in [7, 11) is 1.55. The van der Waals surface area contributed by atoms with E-state index >= 15 is 0 Å². The van der Waals surface area contributed by atoms with Crippen molar-refractivity contribution in [2.75, 3.05) is 19.0 Å². The summed E-state index contributed by atoms with van der Waals surface area (Å²) >= 11 is 1.39. The average Bonchev–Trinajstić information content (AvgIpc) is 2.60. The first-order valence-corrected chi connectivity index (χ1v) is 8.28. The molecule has 2 aromatic rings. The zero-order chi connectivity index (χ0) is 17.4. The lowest BCUT2D eigenvalue weighted by atomic mass is 10.3. The normalized spacial score (nSPS) is 11.4. The maximum Gasteiger partial charge on any atom is 0.319 e. The molecule has 1 amide bonds. The van der Waals surface area contributed by atoms with E-state index in [-0.39, 0.29) is 6.61 Å². The standard InChI is InChI=1S/C18H19NO4S/c1-13(24-16-9-4-3-5-10-16)18(21)23-12-17(20)19-14-7-6-8-15(11-14)22-2/h3-11,13H,12H2,1-2H3,(H,19,20)/t13-/m0/s1. The van der Waals surface area contributed by atoms with Crippen molar-refractivity contribution in [3.05, 3.63) is 54.6 Å².